The fourth-order valence-electron chi connectivity index (χ4n) is 2.16. The molecule has 4 nitrogen and oxygen atoms in total. The summed E-state index contributed by atoms with van der Waals surface area (Å²) in [5.41, 5.74) is 1.06. The van der Waals surface area contributed by atoms with E-state index >= 15 is 0 Å². The summed E-state index contributed by atoms with van der Waals surface area (Å²) < 4.78 is 2.00. The Morgan fingerprint density at radius 3 is 2.76 bits per heavy atom. The second-order valence-corrected chi connectivity index (χ2v) is 5.09. The highest BCUT2D eigenvalue weighted by Gasteiger charge is 2.10. The smallest absolute Gasteiger partial charge is 0.270 e. The first-order valence-corrected chi connectivity index (χ1v) is 7.06. The van der Waals surface area contributed by atoms with Crippen LogP contribution in [0.2, 0.25) is 5.02 Å². The van der Waals surface area contributed by atoms with E-state index in [1.807, 2.05) is 53.4 Å². The van der Waals surface area contributed by atoms with Gasteiger partial charge in [0.15, 0.2) is 0 Å². The molecule has 0 bridgehead atoms. The van der Waals surface area contributed by atoms with Crippen molar-refractivity contribution in [3.05, 3.63) is 65.6 Å². The molecule has 0 saturated carbocycles. The fourth-order valence-corrected chi connectivity index (χ4v) is 2.42. The first kappa shape index (κ1) is 13.6. The van der Waals surface area contributed by atoms with Gasteiger partial charge in [0.1, 0.15) is 5.69 Å². The third-order valence-electron chi connectivity index (χ3n) is 3.22. The minimum atomic E-state index is -0.213. The zero-order chi connectivity index (χ0) is 14.7. The summed E-state index contributed by atoms with van der Waals surface area (Å²) in [5, 5.41) is 4.24. The number of amides is 1. The van der Waals surface area contributed by atoms with Crippen molar-refractivity contribution in [2.75, 3.05) is 6.54 Å². The molecule has 1 amide bonds. The molecule has 2 aromatic heterocycles. The van der Waals surface area contributed by atoms with Crippen molar-refractivity contribution < 1.29 is 4.79 Å². The van der Waals surface area contributed by atoms with Crippen molar-refractivity contribution >= 4 is 28.4 Å². The van der Waals surface area contributed by atoms with Gasteiger partial charge in [0, 0.05) is 30.9 Å². The van der Waals surface area contributed by atoms with E-state index < -0.39 is 0 Å². The zero-order valence-corrected chi connectivity index (χ0v) is 12.0. The van der Waals surface area contributed by atoms with Crippen LogP contribution in [0.15, 0.2) is 54.9 Å². The molecule has 106 valence electrons. The predicted molar refractivity (Wildman–Crippen MR) is 83.5 cm³/mol. The number of carbonyl (C=O) groups is 1. The van der Waals surface area contributed by atoms with Crippen LogP contribution in [-0.4, -0.2) is 22.0 Å². The van der Waals surface area contributed by atoms with E-state index in [-0.39, 0.29) is 5.91 Å². The highest BCUT2D eigenvalue weighted by Crippen LogP contribution is 2.22. The Bertz CT molecular complexity index is 768. The maximum Gasteiger partial charge on any atom is 0.270 e. The van der Waals surface area contributed by atoms with Crippen LogP contribution < -0.4 is 5.32 Å². The first-order valence-electron chi connectivity index (χ1n) is 6.68. The number of fused-ring (bicyclic) bond motifs is 1. The van der Waals surface area contributed by atoms with E-state index in [4.69, 9.17) is 11.6 Å². The molecular weight excluding hydrogens is 286 g/mol. The topological polar surface area (TPSA) is 46.9 Å². The van der Waals surface area contributed by atoms with Crippen LogP contribution in [-0.2, 0) is 6.54 Å². The average molecular weight is 300 g/mol. The number of hydrogen-bond donors (Lipinski definition) is 1. The Morgan fingerprint density at radius 2 is 1.95 bits per heavy atom. The quantitative estimate of drug-likeness (QED) is 0.804. The Kier molecular flexibility index (Phi) is 3.88. The Balaban J connectivity index is 1.72. The van der Waals surface area contributed by atoms with Gasteiger partial charge in [-0.25, -0.2) is 4.98 Å². The van der Waals surface area contributed by atoms with Crippen LogP contribution in [0.1, 0.15) is 10.5 Å². The Labute approximate surface area is 127 Å². The third-order valence-corrected chi connectivity index (χ3v) is 3.53. The number of nitrogens with zero attached hydrogens (tertiary/aromatic N) is 2. The minimum absolute atomic E-state index is 0.213. The molecule has 3 rings (SSSR count). The van der Waals surface area contributed by atoms with Gasteiger partial charge in [0.25, 0.3) is 5.91 Å². The summed E-state index contributed by atoms with van der Waals surface area (Å²) in [6, 6.07) is 13.0. The molecule has 0 saturated heterocycles. The standard InChI is InChI=1S/C16H14ClN3O/c17-13-11-15(19-14-6-2-1-5-12(13)14)16(21)18-7-10-20-8-3-4-9-20/h1-6,8-9,11H,7,10H2,(H,18,21). The number of carbonyl (C=O) groups excluding carboxylic acids is 1. The number of benzene rings is 1. The lowest BCUT2D eigenvalue weighted by atomic mass is 10.2. The average Bonchev–Trinajstić information content (AvgIpc) is 3.00. The number of hydrogen-bond acceptors (Lipinski definition) is 2. The number of halogens is 1. The van der Waals surface area contributed by atoms with Crippen molar-refractivity contribution in [2.24, 2.45) is 0 Å². The van der Waals surface area contributed by atoms with Crippen LogP contribution in [0.4, 0.5) is 0 Å². The van der Waals surface area contributed by atoms with E-state index in [1.165, 1.54) is 0 Å². The Hall–Kier alpha value is -2.33. The molecule has 0 spiro atoms. The number of pyridine rings is 1. The molecule has 5 heteroatoms. The molecule has 1 aromatic carbocycles. The lowest BCUT2D eigenvalue weighted by Gasteiger charge is -2.07. The summed E-state index contributed by atoms with van der Waals surface area (Å²) in [5.74, 6) is -0.213. The predicted octanol–water partition coefficient (Wildman–Crippen LogP) is 3.12. The van der Waals surface area contributed by atoms with Gasteiger partial charge in [-0.05, 0) is 24.3 Å². The van der Waals surface area contributed by atoms with Crippen molar-refractivity contribution in [2.45, 2.75) is 6.54 Å². The van der Waals surface area contributed by atoms with Gasteiger partial charge in [-0.15, -0.1) is 0 Å². The fraction of sp³-hybridized carbons (Fsp3) is 0.125. The summed E-state index contributed by atoms with van der Waals surface area (Å²) in [6.07, 6.45) is 3.91. The monoisotopic (exact) mass is 299 g/mol. The van der Waals surface area contributed by atoms with E-state index in [0.29, 0.717) is 17.3 Å². The van der Waals surface area contributed by atoms with Gasteiger partial charge >= 0.3 is 0 Å². The molecule has 21 heavy (non-hydrogen) atoms. The van der Waals surface area contributed by atoms with Gasteiger partial charge in [0.05, 0.1) is 10.5 Å². The Morgan fingerprint density at radius 1 is 1.19 bits per heavy atom. The molecule has 0 atom stereocenters. The normalized spacial score (nSPS) is 10.7. The number of aromatic nitrogens is 2. The second-order valence-electron chi connectivity index (χ2n) is 4.68. The largest absolute Gasteiger partial charge is 0.353 e. The molecule has 3 aromatic rings. The van der Waals surface area contributed by atoms with E-state index in [2.05, 4.69) is 10.3 Å². The highest BCUT2D eigenvalue weighted by molar-refractivity contribution is 6.35. The molecular formula is C16H14ClN3O. The van der Waals surface area contributed by atoms with Crippen LogP contribution >= 0.6 is 11.6 Å². The van der Waals surface area contributed by atoms with Crippen LogP contribution in [0.3, 0.4) is 0 Å². The third kappa shape index (κ3) is 3.06. The van der Waals surface area contributed by atoms with Gasteiger partial charge in [-0.2, -0.15) is 0 Å². The summed E-state index contributed by atoms with van der Waals surface area (Å²) >= 11 is 6.20. The van der Waals surface area contributed by atoms with Gasteiger partial charge in [-0.3, -0.25) is 4.79 Å². The zero-order valence-electron chi connectivity index (χ0n) is 11.3. The minimum Gasteiger partial charge on any atom is -0.353 e. The van der Waals surface area contributed by atoms with Crippen molar-refractivity contribution in [3.8, 4) is 0 Å². The maximum atomic E-state index is 12.1. The second kappa shape index (κ2) is 5.97. The molecule has 0 aliphatic heterocycles. The van der Waals surface area contributed by atoms with Crippen molar-refractivity contribution in [1.82, 2.24) is 14.9 Å². The van der Waals surface area contributed by atoms with Crippen LogP contribution in [0, 0.1) is 0 Å². The number of nitrogens with one attached hydrogen (secondary N) is 1. The molecule has 0 aliphatic carbocycles. The van der Waals surface area contributed by atoms with E-state index in [9.17, 15) is 4.79 Å². The number of rotatable bonds is 4. The van der Waals surface area contributed by atoms with Gasteiger partial charge in [0.2, 0.25) is 0 Å². The molecule has 0 unspecified atom stereocenters. The molecule has 0 aliphatic rings. The van der Waals surface area contributed by atoms with E-state index in [1.54, 1.807) is 6.07 Å². The lowest BCUT2D eigenvalue weighted by molar-refractivity contribution is 0.0947. The first-order chi connectivity index (χ1) is 10.2. The van der Waals surface area contributed by atoms with Crippen molar-refractivity contribution in [3.63, 3.8) is 0 Å². The van der Waals surface area contributed by atoms with Gasteiger partial charge < -0.3 is 9.88 Å². The summed E-state index contributed by atoms with van der Waals surface area (Å²) in [4.78, 5) is 16.5. The van der Waals surface area contributed by atoms with Crippen molar-refractivity contribution in [1.29, 1.82) is 0 Å². The molecule has 0 fully saturated rings. The SMILES string of the molecule is O=C(NCCn1cccc1)c1cc(Cl)c2ccccc2n1. The molecule has 2 heterocycles. The molecule has 1 N–H and O–H groups in total. The number of para-hydroxylation sites is 1. The lowest BCUT2D eigenvalue weighted by Crippen LogP contribution is -2.27. The van der Waals surface area contributed by atoms with Crippen LogP contribution in [0.25, 0.3) is 10.9 Å². The van der Waals surface area contributed by atoms with Gasteiger partial charge in [-0.1, -0.05) is 29.8 Å². The molecule has 0 radical (unpaired) electrons. The highest BCUT2D eigenvalue weighted by atomic mass is 35.5. The summed E-state index contributed by atoms with van der Waals surface area (Å²) in [6.45, 7) is 1.26. The summed E-state index contributed by atoms with van der Waals surface area (Å²) in [7, 11) is 0. The van der Waals surface area contributed by atoms with E-state index in [0.717, 1.165) is 17.4 Å². The van der Waals surface area contributed by atoms with Crippen LogP contribution in [0.5, 0.6) is 0 Å². The maximum absolute atomic E-state index is 12.1.